The Morgan fingerprint density at radius 1 is 0.750 bits per heavy atom. The summed E-state index contributed by atoms with van der Waals surface area (Å²) in [6, 6.07) is 15.8. The van der Waals surface area contributed by atoms with Crippen molar-refractivity contribution < 1.29 is 0 Å². The van der Waals surface area contributed by atoms with E-state index in [1.165, 1.54) is 5.56 Å². The van der Waals surface area contributed by atoms with Gasteiger partial charge < -0.3 is 0 Å². The molecule has 0 saturated carbocycles. The molecule has 2 heteroatoms. The van der Waals surface area contributed by atoms with E-state index in [4.69, 9.17) is 23.2 Å². The molecule has 16 heavy (non-hydrogen) atoms. The van der Waals surface area contributed by atoms with Gasteiger partial charge in [0.25, 0.3) is 0 Å². The summed E-state index contributed by atoms with van der Waals surface area (Å²) in [7, 11) is 0. The fraction of sp³-hybridized carbons (Fsp3) is 0.143. The average molecular weight is 253 g/mol. The number of aryl methyl sites for hydroxylation is 2. The summed E-state index contributed by atoms with van der Waals surface area (Å²) in [6.45, 7) is 4.01. The van der Waals surface area contributed by atoms with E-state index in [1.807, 2.05) is 37.3 Å². The largest absolute Gasteiger partial charge is 0.0827 e. The number of hydrogen-bond acceptors (Lipinski definition) is 0. The Morgan fingerprint density at radius 3 is 1.75 bits per heavy atom. The van der Waals surface area contributed by atoms with Crippen LogP contribution in [0.4, 0.5) is 0 Å². The molecule has 2 rings (SSSR count). The Labute approximate surface area is 107 Å². The summed E-state index contributed by atoms with van der Waals surface area (Å²) in [5.74, 6) is 0. The van der Waals surface area contributed by atoms with E-state index < -0.39 is 0 Å². The Balaban J connectivity index is 0.000000165. The van der Waals surface area contributed by atoms with E-state index in [-0.39, 0.29) is 0 Å². The van der Waals surface area contributed by atoms with Gasteiger partial charge in [-0.15, -0.1) is 0 Å². The highest BCUT2D eigenvalue weighted by atomic mass is 35.5. The van der Waals surface area contributed by atoms with Gasteiger partial charge in [0.15, 0.2) is 0 Å². The summed E-state index contributed by atoms with van der Waals surface area (Å²) < 4.78 is 0. The predicted octanol–water partition coefficient (Wildman–Crippen LogP) is 5.30. The molecule has 0 aliphatic rings. The minimum Gasteiger partial charge on any atom is -0.0827 e. The quantitative estimate of drug-likeness (QED) is 0.597. The Morgan fingerprint density at radius 2 is 1.38 bits per heavy atom. The molecule has 0 aliphatic carbocycles. The first-order chi connectivity index (χ1) is 7.61. The standard InChI is InChI=1S/C7H6Cl2.C7H8/c1-5-3-2-4-6(8)7(5)9;1-7-5-3-2-4-6-7/h2-4H,1H3;2-6H,1H3. The van der Waals surface area contributed by atoms with Gasteiger partial charge >= 0.3 is 0 Å². The highest BCUT2D eigenvalue weighted by molar-refractivity contribution is 6.42. The molecule has 0 aromatic heterocycles. The van der Waals surface area contributed by atoms with Crippen LogP contribution in [-0.2, 0) is 0 Å². The van der Waals surface area contributed by atoms with Crippen molar-refractivity contribution in [1.29, 1.82) is 0 Å². The fourth-order valence-corrected chi connectivity index (χ4v) is 1.49. The van der Waals surface area contributed by atoms with Crippen LogP contribution in [0, 0.1) is 13.8 Å². The summed E-state index contributed by atoms with van der Waals surface area (Å²) in [6.07, 6.45) is 0. The van der Waals surface area contributed by atoms with E-state index in [0.717, 1.165) is 5.56 Å². The van der Waals surface area contributed by atoms with Crippen LogP contribution in [0.25, 0.3) is 0 Å². The Kier molecular flexibility index (Phi) is 5.37. The van der Waals surface area contributed by atoms with Gasteiger partial charge in [0.2, 0.25) is 0 Å². The Bertz CT molecular complexity index is 415. The third-order valence-corrected chi connectivity index (χ3v) is 3.00. The molecule has 0 saturated heterocycles. The second kappa shape index (κ2) is 6.57. The van der Waals surface area contributed by atoms with E-state index in [0.29, 0.717) is 10.0 Å². The summed E-state index contributed by atoms with van der Waals surface area (Å²) in [5.41, 5.74) is 2.34. The first kappa shape index (κ1) is 13.1. The molecule has 0 atom stereocenters. The van der Waals surface area contributed by atoms with Gasteiger partial charge in [0.05, 0.1) is 10.0 Å². The Hall–Kier alpha value is -0.980. The minimum absolute atomic E-state index is 0.622. The van der Waals surface area contributed by atoms with Crippen molar-refractivity contribution in [2.75, 3.05) is 0 Å². The summed E-state index contributed by atoms with van der Waals surface area (Å²) in [4.78, 5) is 0. The molecule has 0 unspecified atom stereocenters. The topological polar surface area (TPSA) is 0 Å². The smallest absolute Gasteiger partial charge is 0.0621 e. The monoisotopic (exact) mass is 252 g/mol. The molecule has 0 bridgehead atoms. The van der Waals surface area contributed by atoms with Gasteiger partial charge in [-0.2, -0.15) is 0 Å². The third-order valence-electron chi connectivity index (χ3n) is 2.09. The highest BCUT2D eigenvalue weighted by Crippen LogP contribution is 2.24. The number of hydrogen-bond donors (Lipinski definition) is 0. The molecule has 2 aromatic carbocycles. The first-order valence-electron chi connectivity index (χ1n) is 5.03. The van der Waals surface area contributed by atoms with Crippen LogP contribution in [0.3, 0.4) is 0 Å². The molecule has 0 nitrogen and oxygen atoms in total. The van der Waals surface area contributed by atoms with Gasteiger partial charge in [-0.25, -0.2) is 0 Å². The lowest BCUT2D eigenvalue weighted by molar-refractivity contribution is 1.47. The normalized spacial score (nSPS) is 9.25. The van der Waals surface area contributed by atoms with Crippen molar-refractivity contribution >= 4 is 23.2 Å². The molecular formula is C14H14Cl2. The molecule has 0 spiro atoms. The lowest BCUT2D eigenvalue weighted by Gasteiger charge is -1.96. The number of halogens is 2. The second-order valence-electron chi connectivity index (χ2n) is 3.53. The lowest BCUT2D eigenvalue weighted by Crippen LogP contribution is -1.73. The first-order valence-corrected chi connectivity index (χ1v) is 5.79. The van der Waals surface area contributed by atoms with Gasteiger partial charge in [-0.3, -0.25) is 0 Å². The van der Waals surface area contributed by atoms with E-state index in [2.05, 4.69) is 19.1 Å². The van der Waals surface area contributed by atoms with E-state index in [1.54, 1.807) is 6.07 Å². The van der Waals surface area contributed by atoms with Crippen LogP contribution in [0.15, 0.2) is 48.5 Å². The number of benzene rings is 2. The second-order valence-corrected chi connectivity index (χ2v) is 4.31. The van der Waals surface area contributed by atoms with Gasteiger partial charge in [0, 0.05) is 0 Å². The van der Waals surface area contributed by atoms with Crippen molar-refractivity contribution in [2.45, 2.75) is 13.8 Å². The van der Waals surface area contributed by atoms with Crippen molar-refractivity contribution in [2.24, 2.45) is 0 Å². The van der Waals surface area contributed by atoms with Gasteiger partial charge in [0.1, 0.15) is 0 Å². The van der Waals surface area contributed by atoms with Crippen LogP contribution in [0.5, 0.6) is 0 Å². The van der Waals surface area contributed by atoms with Crippen LogP contribution < -0.4 is 0 Å². The maximum atomic E-state index is 5.75. The average Bonchev–Trinajstić information content (AvgIpc) is 2.28. The summed E-state index contributed by atoms with van der Waals surface area (Å²) in [5, 5.41) is 1.27. The van der Waals surface area contributed by atoms with Crippen molar-refractivity contribution in [3.05, 3.63) is 69.7 Å². The summed E-state index contributed by atoms with van der Waals surface area (Å²) >= 11 is 11.4. The molecule has 0 aliphatic heterocycles. The van der Waals surface area contributed by atoms with E-state index in [9.17, 15) is 0 Å². The maximum Gasteiger partial charge on any atom is 0.0621 e. The predicted molar refractivity (Wildman–Crippen MR) is 72.4 cm³/mol. The molecule has 0 radical (unpaired) electrons. The molecule has 0 N–H and O–H groups in total. The molecule has 2 aromatic rings. The van der Waals surface area contributed by atoms with Crippen molar-refractivity contribution in [3.8, 4) is 0 Å². The van der Waals surface area contributed by atoms with Gasteiger partial charge in [-0.1, -0.05) is 71.2 Å². The lowest BCUT2D eigenvalue weighted by atomic mass is 10.2. The molecule has 0 heterocycles. The SMILES string of the molecule is Cc1cccc(Cl)c1Cl.Cc1ccccc1. The van der Waals surface area contributed by atoms with Crippen LogP contribution >= 0.6 is 23.2 Å². The maximum absolute atomic E-state index is 5.75. The zero-order valence-electron chi connectivity index (χ0n) is 9.37. The molecule has 0 amide bonds. The van der Waals surface area contributed by atoms with Crippen LogP contribution in [0.1, 0.15) is 11.1 Å². The van der Waals surface area contributed by atoms with Crippen LogP contribution in [0.2, 0.25) is 10.0 Å². The number of rotatable bonds is 0. The third kappa shape index (κ3) is 4.26. The van der Waals surface area contributed by atoms with Gasteiger partial charge in [-0.05, 0) is 25.5 Å². The highest BCUT2D eigenvalue weighted by Gasteiger charge is 1.96. The van der Waals surface area contributed by atoms with E-state index >= 15 is 0 Å². The minimum atomic E-state index is 0.622. The molecule has 84 valence electrons. The van der Waals surface area contributed by atoms with Crippen molar-refractivity contribution in [3.63, 3.8) is 0 Å². The zero-order chi connectivity index (χ0) is 12.0. The molecule has 0 fully saturated rings. The fourth-order valence-electron chi connectivity index (χ4n) is 1.15. The zero-order valence-corrected chi connectivity index (χ0v) is 10.9. The van der Waals surface area contributed by atoms with Crippen molar-refractivity contribution in [1.82, 2.24) is 0 Å². The van der Waals surface area contributed by atoms with Crippen LogP contribution in [-0.4, -0.2) is 0 Å². The molecular weight excluding hydrogens is 239 g/mol.